The van der Waals surface area contributed by atoms with Crippen LogP contribution in [0.2, 0.25) is 0 Å². The van der Waals surface area contributed by atoms with Crippen LogP contribution in [-0.2, 0) is 11.2 Å². The molecule has 1 aliphatic rings. The second kappa shape index (κ2) is 5.71. The lowest BCUT2D eigenvalue weighted by Crippen LogP contribution is -2.30. The van der Waals surface area contributed by atoms with Crippen molar-refractivity contribution in [1.29, 1.82) is 0 Å². The van der Waals surface area contributed by atoms with Crippen molar-refractivity contribution in [3.05, 3.63) is 42.1 Å². The molecule has 1 heterocycles. The number of carbonyl (C=O) groups excluding carboxylic acids is 1. The summed E-state index contributed by atoms with van der Waals surface area (Å²) in [6.45, 7) is 0. The third-order valence-electron chi connectivity index (χ3n) is 4.24. The predicted octanol–water partition coefficient (Wildman–Crippen LogP) is 2.86. The maximum atomic E-state index is 12.3. The zero-order valence-electron chi connectivity index (χ0n) is 11.6. The number of nitrogens with zero attached hydrogens (tertiary/aromatic N) is 1. The van der Waals surface area contributed by atoms with Crippen molar-refractivity contribution in [3.63, 3.8) is 0 Å². The Hall–Kier alpha value is -1.74. The van der Waals surface area contributed by atoms with Crippen LogP contribution in [0.1, 0.15) is 31.4 Å². The predicted molar refractivity (Wildman–Crippen MR) is 80.4 cm³/mol. The van der Waals surface area contributed by atoms with E-state index in [9.17, 15) is 4.79 Å². The average molecular weight is 268 g/mol. The first-order chi connectivity index (χ1) is 9.72. The highest BCUT2D eigenvalue weighted by atomic mass is 16.1. The van der Waals surface area contributed by atoms with E-state index in [0.29, 0.717) is 12.2 Å². The van der Waals surface area contributed by atoms with Crippen LogP contribution in [0.4, 0.5) is 0 Å². The first-order valence-electron chi connectivity index (χ1n) is 7.35. The van der Waals surface area contributed by atoms with Gasteiger partial charge in [0.1, 0.15) is 5.78 Å². The summed E-state index contributed by atoms with van der Waals surface area (Å²) >= 11 is 0. The van der Waals surface area contributed by atoms with Crippen molar-refractivity contribution in [1.82, 2.24) is 4.98 Å². The fourth-order valence-electron chi connectivity index (χ4n) is 2.97. The number of carbonyl (C=O) groups is 1. The molecule has 1 aromatic heterocycles. The topological polar surface area (TPSA) is 56.0 Å². The largest absolute Gasteiger partial charge is 0.328 e. The molecule has 20 heavy (non-hydrogen) atoms. The van der Waals surface area contributed by atoms with Crippen molar-refractivity contribution in [2.75, 3.05) is 0 Å². The summed E-state index contributed by atoms with van der Waals surface area (Å²) < 4.78 is 0. The summed E-state index contributed by atoms with van der Waals surface area (Å²) in [5.41, 5.74) is 7.73. The Morgan fingerprint density at radius 1 is 1.10 bits per heavy atom. The van der Waals surface area contributed by atoms with Crippen molar-refractivity contribution in [2.45, 2.75) is 38.1 Å². The number of nitrogens with two attached hydrogens (primary N) is 1. The van der Waals surface area contributed by atoms with Gasteiger partial charge in [-0.1, -0.05) is 24.3 Å². The van der Waals surface area contributed by atoms with Crippen molar-refractivity contribution in [3.8, 4) is 0 Å². The van der Waals surface area contributed by atoms with Gasteiger partial charge in [0.2, 0.25) is 0 Å². The molecular formula is C17H20N2O. The summed E-state index contributed by atoms with van der Waals surface area (Å²) in [6.07, 6.45) is 4.27. The number of fused-ring (bicyclic) bond motifs is 1. The molecule has 1 saturated carbocycles. The Bertz CT molecular complexity index is 615. The van der Waals surface area contributed by atoms with Gasteiger partial charge in [0.05, 0.1) is 5.52 Å². The van der Waals surface area contributed by atoms with Gasteiger partial charge in [-0.15, -0.1) is 0 Å². The molecule has 2 N–H and O–H groups in total. The molecule has 3 heteroatoms. The number of para-hydroxylation sites is 1. The molecule has 2 aromatic rings. The molecule has 1 aliphatic carbocycles. The normalized spacial score (nSPS) is 22.9. The van der Waals surface area contributed by atoms with E-state index in [4.69, 9.17) is 5.73 Å². The van der Waals surface area contributed by atoms with E-state index >= 15 is 0 Å². The summed E-state index contributed by atoms with van der Waals surface area (Å²) in [7, 11) is 0. The minimum absolute atomic E-state index is 0.183. The van der Waals surface area contributed by atoms with E-state index in [1.54, 1.807) is 0 Å². The Labute approximate surface area is 119 Å². The van der Waals surface area contributed by atoms with Crippen molar-refractivity contribution >= 4 is 16.7 Å². The third kappa shape index (κ3) is 2.88. The maximum absolute atomic E-state index is 12.3. The van der Waals surface area contributed by atoms with Gasteiger partial charge in [0.25, 0.3) is 0 Å². The molecule has 0 unspecified atom stereocenters. The van der Waals surface area contributed by atoms with Crippen LogP contribution in [0, 0.1) is 5.92 Å². The lowest BCUT2D eigenvalue weighted by atomic mass is 9.82. The SMILES string of the molecule is NC1CCC(C(=O)Cc2ccc3ccccc3n2)CC1. The highest BCUT2D eigenvalue weighted by Gasteiger charge is 2.24. The van der Waals surface area contributed by atoms with E-state index in [1.807, 2.05) is 36.4 Å². The Morgan fingerprint density at radius 2 is 1.85 bits per heavy atom. The molecule has 0 bridgehead atoms. The zero-order chi connectivity index (χ0) is 13.9. The monoisotopic (exact) mass is 268 g/mol. The summed E-state index contributed by atoms with van der Waals surface area (Å²) in [4.78, 5) is 16.9. The molecule has 0 aliphatic heterocycles. The van der Waals surface area contributed by atoms with Crippen molar-refractivity contribution < 1.29 is 4.79 Å². The van der Waals surface area contributed by atoms with Crippen LogP contribution in [-0.4, -0.2) is 16.8 Å². The Balaban J connectivity index is 1.71. The molecule has 0 amide bonds. The molecule has 0 radical (unpaired) electrons. The average Bonchev–Trinajstić information content (AvgIpc) is 2.48. The smallest absolute Gasteiger partial charge is 0.141 e. The first-order valence-corrected chi connectivity index (χ1v) is 7.35. The standard InChI is InChI=1S/C17H20N2O/c18-14-8-5-13(6-9-14)17(20)11-15-10-7-12-3-1-2-4-16(12)19-15/h1-4,7,10,13-14H,5-6,8-9,11,18H2. The summed E-state index contributed by atoms with van der Waals surface area (Å²) in [5, 5.41) is 1.12. The number of aromatic nitrogens is 1. The minimum Gasteiger partial charge on any atom is -0.328 e. The highest BCUT2D eigenvalue weighted by Crippen LogP contribution is 2.25. The number of hydrogen-bond donors (Lipinski definition) is 1. The fourth-order valence-corrected chi connectivity index (χ4v) is 2.97. The van der Waals surface area contributed by atoms with Crippen LogP contribution in [0.5, 0.6) is 0 Å². The minimum atomic E-state index is 0.183. The number of hydrogen-bond acceptors (Lipinski definition) is 3. The Morgan fingerprint density at radius 3 is 2.65 bits per heavy atom. The van der Waals surface area contributed by atoms with Crippen LogP contribution in [0.25, 0.3) is 10.9 Å². The van der Waals surface area contributed by atoms with E-state index in [-0.39, 0.29) is 12.0 Å². The summed E-state index contributed by atoms with van der Waals surface area (Å²) in [6, 6.07) is 12.3. The molecule has 0 spiro atoms. The van der Waals surface area contributed by atoms with E-state index in [0.717, 1.165) is 42.3 Å². The van der Waals surface area contributed by atoms with Crippen LogP contribution >= 0.6 is 0 Å². The first kappa shape index (κ1) is 13.3. The quantitative estimate of drug-likeness (QED) is 0.931. The van der Waals surface area contributed by atoms with Gasteiger partial charge >= 0.3 is 0 Å². The van der Waals surface area contributed by atoms with Crippen molar-refractivity contribution in [2.24, 2.45) is 11.7 Å². The van der Waals surface area contributed by atoms with Gasteiger partial charge in [-0.2, -0.15) is 0 Å². The van der Waals surface area contributed by atoms with E-state index in [2.05, 4.69) is 4.98 Å². The molecule has 3 rings (SSSR count). The lowest BCUT2D eigenvalue weighted by Gasteiger charge is -2.24. The van der Waals surface area contributed by atoms with Crippen LogP contribution in [0.3, 0.4) is 0 Å². The second-order valence-electron chi connectivity index (χ2n) is 5.75. The molecule has 3 nitrogen and oxygen atoms in total. The van der Waals surface area contributed by atoms with E-state index < -0.39 is 0 Å². The Kier molecular flexibility index (Phi) is 3.79. The zero-order valence-corrected chi connectivity index (χ0v) is 11.6. The van der Waals surface area contributed by atoms with Gasteiger partial charge in [0, 0.05) is 29.5 Å². The van der Waals surface area contributed by atoms with Crippen LogP contribution < -0.4 is 5.73 Å². The van der Waals surface area contributed by atoms with Gasteiger partial charge in [-0.25, -0.2) is 0 Å². The summed E-state index contributed by atoms with van der Waals surface area (Å²) in [5.74, 6) is 0.503. The number of rotatable bonds is 3. The van der Waals surface area contributed by atoms with Gasteiger partial charge in [-0.05, 0) is 37.8 Å². The molecule has 0 atom stereocenters. The number of benzene rings is 1. The molecule has 1 aromatic carbocycles. The van der Waals surface area contributed by atoms with Gasteiger partial charge in [-0.3, -0.25) is 9.78 Å². The van der Waals surface area contributed by atoms with E-state index in [1.165, 1.54) is 0 Å². The molecular weight excluding hydrogens is 248 g/mol. The molecule has 104 valence electrons. The lowest BCUT2D eigenvalue weighted by molar-refractivity contribution is -0.123. The number of ketones is 1. The van der Waals surface area contributed by atoms with Gasteiger partial charge < -0.3 is 5.73 Å². The third-order valence-corrected chi connectivity index (χ3v) is 4.24. The molecule has 1 fully saturated rings. The van der Waals surface area contributed by atoms with Crippen LogP contribution in [0.15, 0.2) is 36.4 Å². The molecule has 0 saturated heterocycles. The second-order valence-corrected chi connectivity index (χ2v) is 5.75. The number of Topliss-reactive ketones (excluding diaryl/α,β-unsaturated/α-hetero) is 1. The van der Waals surface area contributed by atoms with Gasteiger partial charge in [0.15, 0.2) is 0 Å². The fraction of sp³-hybridized carbons (Fsp3) is 0.412. The maximum Gasteiger partial charge on any atom is 0.141 e. The number of pyridine rings is 1. The highest BCUT2D eigenvalue weighted by molar-refractivity contribution is 5.84.